The van der Waals surface area contributed by atoms with Crippen LogP contribution >= 0.6 is 0 Å². The van der Waals surface area contributed by atoms with Gasteiger partial charge < -0.3 is 5.73 Å². The molecule has 1 aliphatic carbocycles. The van der Waals surface area contributed by atoms with Crippen molar-refractivity contribution in [3.63, 3.8) is 0 Å². The summed E-state index contributed by atoms with van der Waals surface area (Å²) in [7, 11) is -2.11. The number of benzene rings is 2. The number of carbonyl (C=O) groups excluding carboxylic acids is 1. The van der Waals surface area contributed by atoms with Crippen molar-refractivity contribution in [2.75, 3.05) is 13.1 Å². The lowest BCUT2D eigenvalue weighted by molar-refractivity contribution is -0.802. The summed E-state index contributed by atoms with van der Waals surface area (Å²) in [5.74, 6) is -0.903. The average Bonchev–Trinajstić information content (AvgIpc) is 3.18. The number of nitrogens with zero attached hydrogens (tertiary/aromatic N) is 6. The zero-order valence-corrected chi connectivity index (χ0v) is 19.6. The topological polar surface area (TPSA) is 120 Å². The molecule has 3 heterocycles. The first kappa shape index (κ1) is 21.9. The molecule has 2 aromatic heterocycles. The average molecular weight is 497 g/mol. The van der Waals surface area contributed by atoms with E-state index in [1.165, 1.54) is 27.4 Å². The van der Waals surface area contributed by atoms with Crippen molar-refractivity contribution in [1.82, 2.24) is 24.0 Å². The van der Waals surface area contributed by atoms with Gasteiger partial charge in [0.25, 0.3) is 15.0 Å². The Morgan fingerprint density at radius 1 is 1.11 bits per heavy atom. The second-order valence-electron chi connectivity index (χ2n) is 9.13. The number of nitrogens with two attached hydrogens (primary N) is 1. The fraction of sp³-hybridized carbons (Fsp3) is 0.304. The van der Waals surface area contributed by atoms with E-state index in [0.29, 0.717) is 0 Å². The molecule has 1 amide bonds. The van der Waals surface area contributed by atoms with E-state index in [-0.39, 0.29) is 54.1 Å². The van der Waals surface area contributed by atoms with Gasteiger partial charge in [-0.05, 0) is 52.5 Å². The molecule has 1 aliphatic heterocycles. The molecule has 0 radical (unpaired) electrons. The van der Waals surface area contributed by atoms with Crippen molar-refractivity contribution in [3.05, 3.63) is 66.2 Å². The number of sulfonamides is 1. The fourth-order valence-electron chi connectivity index (χ4n) is 5.15. The minimum Gasteiger partial charge on any atom is -0.369 e. The standard InChI is InChI=1S/C23H22FN7O3S/c1-28-26-10-21(35(33,34)29-12-18-19(13-29)22(18)23(25)32)30(28)11-14-2-3-15-9-27-31(20(15)8-14)17-6-4-16(24)5-7-17/h2-10,18-19,22H,11-13H2,1H3,(H-,25,32)/p+1/t18-,19?,22+/m0/s1. The smallest absolute Gasteiger partial charge is 0.300 e. The number of hydrogen-bond donors (Lipinski definition) is 1. The van der Waals surface area contributed by atoms with E-state index in [1.54, 1.807) is 34.7 Å². The summed E-state index contributed by atoms with van der Waals surface area (Å²) in [6, 6.07) is 11.8. The number of hydrogen-bond acceptors (Lipinski definition) is 5. The summed E-state index contributed by atoms with van der Waals surface area (Å²) in [4.78, 5) is 13.0. The van der Waals surface area contributed by atoms with Crippen LogP contribution in [0.4, 0.5) is 4.39 Å². The molecule has 2 aromatic carbocycles. The summed E-state index contributed by atoms with van der Waals surface area (Å²) < 4.78 is 45.0. The Kier molecular flexibility index (Phi) is 4.80. The number of primary amides is 1. The number of piperidine rings is 1. The Morgan fingerprint density at radius 2 is 1.83 bits per heavy atom. The van der Waals surface area contributed by atoms with Crippen LogP contribution in [0.2, 0.25) is 0 Å². The number of aromatic nitrogens is 5. The lowest BCUT2D eigenvalue weighted by Gasteiger charge is -2.17. The summed E-state index contributed by atoms with van der Waals surface area (Å²) in [5.41, 5.74) is 7.79. The van der Waals surface area contributed by atoms with Gasteiger partial charge in [-0.15, -0.1) is 4.68 Å². The predicted octanol–water partition coefficient (Wildman–Crippen LogP) is 0.586. The van der Waals surface area contributed by atoms with Crippen LogP contribution in [0.25, 0.3) is 16.6 Å². The molecule has 1 saturated carbocycles. The molecule has 1 saturated heterocycles. The molecule has 2 fully saturated rings. The third-order valence-corrected chi connectivity index (χ3v) is 8.89. The predicted molar refractivity (Wildman–Crippen MR) is 122 cm³/mol. The van der Waals surface area contributed by atoms with Crippen LogP contribution in [0.3, 0.4) is 0 Å². The number of rotatable bonds is 6. The molecule has 0 spiro atoms. The van der Waals surface area contributed by atoms with E-state index in [0.717, 1.165) is 22.2 Å². The number of carbonyl (C=O) groups is 1. The summed E-state index contributed by atoms with van der Waals surface area (Å²) in [6.07, 6.45) is 3.08. The van der Waals surface area contributed by atoms with Gasteiger partial charge in [0.2, 0.25) is 12.1 Å². The van der Waals surface area contributed by atoms with Crippen molar-refractivity contribution >= 4 is 26.8 Å². The first-order valence-corrected chi connectivity index (χ1v) is 12.6. The quantitative estimate of drug-likeness (QED) is 0.392. The van der Waals surface area contributed by atoms with Gasteiger partial charge in [-0.1, -0.05) is 12.1 Å². The first-order valence-electron chi connectivity index (χ1n) is 11.2. The van der Waals surface area contributed by atoms with Crippen molar-refractivity contribution < 1.29 is 22.3 Å². The fourth-order valence-corrected chi connectivity index (χ4v) is 6.78. The zero-order chi connectivity index (χ0) is 24.5. The van der Waals surface area contributed by atoms with E-state index < -0.39 is 10.0 Å². The van der Waals surface area contributed by atoms with E-state index in [2.05, 4.69) is 10.2 Å². The maximum Gasteiger partial charge on any atom is 0.300 e. The van der Waals surface area contributed by atoms with Gasteiger partial charge in [-0.3, -0.25) is 4.79 Å². The zero-order valence-electron chi connectivity index (χ0n) is 18.8. The van der Waals surface area contributed by atoms with Gasteiger partial charge in [0.15, 0.2) is 0 Å². The van der Waals surface area contributed by atoms with E-state index in [4.69, 9.17) is 5.73 Å². The Bertz CT molecular complexity index is 1570. The molecule has 1 unspecified atom stereocenters. The molecular formula is C23H23FN7O3S+. The second-order valence-corrected chi connectivity index (χ2v) is 11.0. The lowest BCUT2D eigenvalue weighted by atomic mass is 10.1. The third-order valence-electron chi connectivity index (χ3n) is 7.07. The highest BCUT2D eigenvalue weighted by Gasteiger charge is 2.61. The maximum absolute atomic E-state index is 13.4. The van der Waals surface area contributed by atoms with Crippen molar-refractivity contribution in [1.29, 1.82) is 0 Å². The van der Waals surface area contributed by atoms with Gasteiger partial charge in [0.05, 0.1) is 24.4 Å². The SMILES string of the molecule is Cn1ncc(S(=O)(=O)N2CC3[C@H](C2)[C@H]3C(N)=O)[n+]1Cc1ccc2cnn(-c3ccc(F)cc3)c2c1. The Balaban J connectivity index is 1.30. The highest BCUT2D eigenvalue weighted by Crippen LogP contribution is 2.52. The third kappa shape index (κ3) is 3.51. The highest BCUT2D eigenvalue weighted by atomic mass is 32.2. The van der Waals surface area contributed by atoms with Crippen LogP contribution in [-0.4, -0.2) is 51.4 Å². The summed E-state index contributed by atoms with van der Waals surface area (Å²) in [6.45, 7) is 0.844. The largest absolute Gasteiger partial charge is 0.369 e. The highest BCUT2D eigenvalue weighted by molar-refractivity contribution is 7.89. The van der Waals surface area contributed by atoms with Crippen molar-refractivity contribution in [3.8, 4) is 5.69 Å². The van der Waals surface area contributed by atoms with Gasteiger partial charge in [0, 0.05) is 29.5 Å². The minimum atomic E-state index is -3.80. The Morgan fingerprint density at radius 3 is 2.51 bits per heavy atom. The molecule has 12 heteroatoms. The van der Waals surface area contributed by atoms with Gasteiger partial charge in [-0.2, -0.15) is 9.40 Å². The molecule has 35 heavy (non-hydrogen) atoms. The van der Waals surface area contributed by atoms with Crippen LogP contribution in [0.15, 0.2) is 59.9 Å². The molecular weight excluding hydrogens is 473 g/mol. The number of amides is 1. The lowest BCUT2D eigenvalue weighted by Crippen LogP contribution is -2.49. The van der Waals surface area contributed by atoms with Crippen molar-refractivity contribution in [2.24, 2.45) is 30.5 Å². The summed E-state index contributed by atoms with van der Waals surface area (Å²) in [5, 5.41) is 9.61. The van der Waals surface area contributed by atoms with Crippen LogP contribution in [0.1, 0.15) is 5.56 Å². The minimum absolute atomic E-state index is 0.00144. The van der Waals surface area contributed by atoms with Gasteiger partial charge >= 0.3 is 0 Å². The molecule has 0 bridgehead atoms. The van der Waals surface area contributed by atoms with Crippen molar-refractivity contribution in [2.45, 2.75) is 11.6 Å². The Labute approximate surface area is 200 Å². The molecule has 2 aliphatic rings. The van der Waals surface area contributed by atoms with Crippen LogP contribution in [0, 0.1) is 23.6 Å². The van der Waals surface area contributed by atoms with Crippen LogP contribution in [0.5, 0.6) is 0 Å². The van der Waals surface area contributed by atoms with Crippen LogP contribution in [-0.2, 0) is 28.4 Å². The molecule has 4 aromatic rings. The number of aryl methyl sites for hydroxylation is 1. The maximum atomic E-state index is 13.4. The monoisotopic (exact) mass is 496 g/mol. The number of halogens is 1. The number of fused-ring (bicyclic) bond motifs is 2. The van der Waals surface area contributed by atoms with Gasteiger partial charge in [-0.25, -0.2) is 17.5 Å². The van der Waals surface area contributed by atoms with E-state index >= 15 is 0 Å². The molecule has 10 nitrogen and oxygen atoms in total. The second kappa shape index (κ2) is 7.68. The normalized spacial score (nSPS) is 21.9. The van der Waals surface area contributed by atoms with Crippen LogP contribution < -0.4 is 10.4 Å². The first-order chi connectivity index (χ1) is 16.7. The van der Waals surface area contributed by atoms with E-state index in [1.807, 2.05) is 18.2 Å². The molecule has 6 rings (SSSR count). The summed E-state index contributed by atoms with van der Waals surface area (Å²) >= 11 is 0. The molecule has 3 atom stereocenters. The Hall–Kier alpha value is -3.64. The molecule has 2 N–H and O–H groups in total. The molecule has 180 valence electrons. The van der Waals surface area contributed by atoms with E-state index in [9.17, 15) is 17.6 Å². The van der Waals surface area contributed by atoms with Gasteiger partial charge in [0.1, 0.15) is 12.4 Å².